The van der Waals surface area contributed by atoms with E-state index < -0.39 is 0 Å². The number of likely N-dealkylation sites (tertiary alicyclic amines) is 1. The second-order valence-corrected chi connectivity index (χ2v) is 6.78. The molecule has 1 amide bonds. The van der Waals surface area contributed by atoms with Gasteiger partial charge in [-0.25, -0.2) is 0 Å². The summed E-state index contributed by atoms with van der Waals surface area (Å²) in [5.74, 6) is 1.57. The Morgan fingerprint density at radius 3 is 2.72 bits per heavy atom. The summed E-state index contributed by atoms with van der Waals surface area (Å²) in [6.45, 7) is 3.97. The van der Waals surface area contributed by atoms with Crippen LogP contribution in [0.2, 0.25) is 5.02 Å². The van der Waals surface area contributed by atoms with Gasteiger partial charge in [-0.3, -0.25) is 9.69 Å². The van der Waals surface area contributed by atoms with Gasteiger partial charge in [0.1, 0.15) is 5.75 Å². The number of carbonyl (C=O) groups is 1. The molecule has 1 aromatic rings. The van der Waals surface area contributed by atoms with Crippen LogP contribution in [0, 0.1) is 5.92 Å². The fourth-order valence-electron chi connectivity index (χ4n) is 3.12. The molecule has 1 aliphatic rings. The molecule has 0 atom stereocenters. The van der Waals surface area contributed by atoms with E-state index in [4.69, 9.17) is 16.3 Å². The van der Waals surface area contributed by atoms with Crippen molar-refractivity contribution in [1.29, 1.82) is 0 Å². The van der Waals surface area contributed by atoms with E-state index in [1.54, 1.807) is 13.2 Å². The number of hydrogen-bond donors (Lipinski definition) is 2. The van der Waals surface area contributed by atoms with Crippen LogP contribution in [-0.2, 0) is 11.3 Å². The van der Waals surface area contributed by atoms with Crippen molar-refractivity contribution in [1.82, 2.24) is 15.5 Å². The van der Waals surface area contributed by atoms with E-state index in [1.165, 1.54) is 19.3 Å². The lowest BCUT2D eigenvalue weighted by Gasteiger charge is -2.31. The molecular formula is C18H29Cl2N3O2. The number of nitrogens with zero attached hydrogens (tertiary/aromatic N) is 1. The highest BCUT2D eigenvalue weighted by Gasteiger charge is 2.20. The molecule has 2 N–H and O–H groups in total. The third-order valence-corrected chi connectivity index (χ3v) is 4.83. The molecule has 1 aromatic carbocycles. The number of methoxy groups -OCH3 is 1. The molecule has 5 nitrogen and oxygen atoms in total. The van der Waals surface area contributed by atoms with Crippen molar-refractivity contribution in [3.63, 3.8) is 0 Å². The molecule has 0 aromatic heterocycles. The Hall–Kier alpha value is -1.01. The van der Waals surface area contributed by atoms with E-state index in [1.807, 2.05) is 19.2 Å². The molecule has 1 aliphatic heterocycles. The average molecular weight is 390 g/mol. The second-order valence-electron chi connectivity index (χ2n) is 6.34. The van der Waals surface area contributed by atoms with Crippen LogP contribution in [-0.4, -0.2) is 51.1 Å². The van der Waals surface area contributed by atoms with Gasteiger partial charge in [-0.15, -0.1) is 12.4 Å². The maximum absolute atomic E-state index is 12.2. The molecule has 142 valence electrons. The summed E-state index contributed by atoms with van der Waals surface area (Å²) in [6.07, 6.45) is 3.58. The minimum absolute atomic E-state index is 0. The van der Waals surface area contributed by atoms with Gasteiger partial charge in [-0.1, -0.05) is 11.6 Å². The number of rotatable bonds is 8. The molecule has 0 bridgehead atoms. The quantitative estimate of drug-likeness (QED) is 0.717. The van der Waals surface area contributed by atoms with Gasteiger partial charge in [-0.2, -0.15) is 0 Å². The Morgan fingerprint density at radius 1 is 1.36 bits per heavy atom. The van der Waals surface area contributed by atoms with Crippen molar-refractivity contribution in [2.45, 2.75) is 25.8 Å². The predicted molar refractivity (Wildman–Crippen MR) is 105 cm³/mol. The SMILES string of the molecule is CNCCC1CCN(CC(=O)NCc2cc(Cl)ccc2OC)CC1.Cl. The fourth-order valence-corrected chi connectivity index (χ4v) is 3.31. The van der Waals surface area contributed by atoms with Gasteiger partial charge in [0, 0.05) is 17.1 Å². The molecular weight excluding hydrogens is 361 g/mol. The number of benzene rings is 1. The van der Waals surface area contributed by atoms with E-state index in [0.29, 0.717) is 18.1 Å². The van der Waals surface area contributed by atoms with E-state index >= 15 is 0 Å². The first kappa shape index (κ1) is 22.0. The first-order valence-corrected chi connectivity index (χ1v) is 8.96. The minimum atomic E-state index is 0. The lowest BCUT2D eigenvalue weighted by molar-refractivity contribution is -0.122. The van der Waals surface area contributed by atoms with Gasteiger partial charge >= 0.3 is 0 Å². The fraction of sp³-hybridized carbons (Fsp3) is 0.611. The number of hydrogen-bond acceptors (Lipinski definition) is 4. The van der Waals surface area contributed by atoms with Crippen LogP contribution < -0.4 is 15.4 Å². The molecule has 1 fully saturated rings. The first-order chi connectivity index (χ1) is 11.6. The summed E-state index contributed by atoms with van der Waals surface area (Å²) in [7, 11) is 3.61. The zero-order valence-electron chi connectivity index (χ0n) is 15.0. The number of ether oxygens (including phenoxy) is 1. The predicted octanol–water partition coefficient (Wildman–Crippen LogP) is 2.71. The monoisotopic (exact) mass is 389 g/mol. The highest BCUT2D eigenvalue weighted by atomic mass is 35.5. The lowest BCUT2D eigenvalue weighted by Crippen LogP contribution is -2.41. The van der Waals surface area contributed by atoms with Gasteiger partial charge in [0.2, 0.25) is 5.91 Å². The Balaban J connectivity index is 0.00000312. The average Bonchev–Trinajstić information content (AvgIpc) is 2.59. The Morgan fingerprint density at radius 2 is 2.08 bits per heavy atom. The van der Waals surface area contributed by atoms with Gasteiger partial charge in [-0.05, 0) is 70.1 Å². The van der Waals surface area contributed by atoms with Gasteiger partial charge < -0.3 is 15.4 Å². The highest BCUT2D eigenvalue weighted by molar-refractivity contribution is 6.30. The van der Waals surface area contributed by atoms with Crippen LogP contribution in [0.1, 0.15) is 24.8 Å². The Labute approximate surface area is 161 Å². The van der Waals surface area contributed by atoms with E-state index in [9.17, 15) is 4.79 Å². The molecule has 25 heavy (non-hydrogen) atoms. The van der Waals surface area contributed by atoms with Crippen molar-refractivity contribution >= 4 is 29.9 Å². The zero-order valence-corrected chi connectivity index (χ0v) is 16.6. The molecule has 7 heteroatoms. The molecule has 2 rings (SSSR count). The van der Waals surface area contributed by atoms with E-state index in [0.717, 1.165) is 36.9 Å². The molecule has 1 heterocycles. The zero-order chi connectivity index (χ0) is 17.4. The van der Waals surface area contributed by atoms with Crippen LogP contribution in [0.4, 0.5) is 0 Å². The Kier molecular flexibility index (Phi) is 10.2. The molecule has 0 aliphatic carbocycles. The third-order valence-electron chi connectivity index (χ3n) is 4.60. The van der Waals surface area contributed by atoms with E-state index in [2.05, 4.69) is 15.5 Å². The summed E-state index contributed by atoms with van der Waals surface area (Å²) in [4.78, 5) is 14.4. The summed E-state index contributed by atoms with van der Waals surface area (Å²) in [5.41, 5.74) is 0.893. The number of piperidine rings is 1. The largest absolute Gasteiger partial charge is 0.496 e. The maximum atomic E-state index is 12.2. The standard InChI is InChI=1S/C18H28ClN3O2.ClH/c1-20-8-5-14-6-9-22(10-7-14)13-18(23)21-12-15-11-16(19)3-4-17(15)24-2;/h3-4,11,14,20H,5-10,12-13H2,1-2H3,(H,21,23);1H. The van der Waals surface area contributed by atoms with Crippen molar-refractivity contribution < 1.29 is 9.53 Å². The number of nitrogens with one attached hydrogen (secondary N) is 2. The Bertz CT molecular complexity index is 535. The minimum Gasteiger partial charge on any atom is -0.496 e. The molecule has 1 saturated heterocycles. The van der Waals surface area contributed by atoms with Crippen molar-refractivity contribution in [2.75, 3.05) is 40.3 Å². The van der Waals surface area contributed by atoms with Gasteiger partial charge in [0.05, 0.1) is 13.7 Å². The first-order valence-electron chi connectivity index (χ1n) is 8.58. The van der Waals surface area contributed by atoms with Gasteiger partial charge in [0.15, 0.2) is 0 Å². The normalized spacial score (nSPS) is 15.5. The number of halogens is 2. The summed E-state index contributed by atoms with van der Waals surface area (Å²) >= 11 is 6.01. The molecule has 0 radical (unpaired) electrons. The lowest BCUT2D eigenvalue weighted by atomic mass is 9.93. The van der Waals surface area contributed by atoms with Crippen LogP contribution in [0.25, 0.3) is 0 Å². The van der Waals surface area contributed by atoms with Crippen LogP contribution in [0.3, 0.4) is 0 Å². The number of amides is 1. The third kappa shape index (κ3) is 7.40. The molecule has 0 unspecified atom stereocenters. The van der Waals surface area contributed by atoms with E-state index in [-0.39, 0.29) is 18.3 Å². The molecule has 0 saturated carbocycles. The van der Waals surface area contributed by atoms with Crippen LogP contribution in [0.15, 0.2) is 18.2 Å². The number of carbonyl (C=O) groups excluding carboxylic acids is 1. The highest BCUT2D eigenvalue weighted by Crippen LogP contribution is 2.22. The summed E-state index contributed by atoms with van der Waals surface area (Å²) in [5, 5.41) is 6.81. The van der Waals surface area contributed by atoms with Crippen LogP contribution in [0.5, 0.6) is 5.75 Å². The second kappa shape index (κ2) is 11.6. The summed E-state index contributed by atoms with van der Waals surface area (Å²) < 4.78 is 5.30. The van der Waals surface area contributed by atoms with Crippen molar-refractivity contribution in [2.24, 2.45) is 5.92 Å². The van der Waals surface area contributed by atoms with Crippen LogP contribution >= 0.6 is 24.0 Å². The van der Waals surface area contributed by atoms with Crippen molar-refractivity contribution in [3.05, 3.63) is 28.8 Å². The summed E-state index contributed by atoms with van der Waals surface area (Å²) in [6, 6.07) is 5.43. The molecule has 0 spiro atoms. The van der Waals surface area contributed by atoms with Crippen molar-refractivity contribution in [3.8, 4) is 5.75 Å². The topological polar surface area (TPSA) is 53.6 Å². The maximum Gasteiger partial charge on any atom is 0.234 e. The smallest absolute Gasteiger partial charge is 0.234 e. The van der Waals surface area contributed by atoms with Gasteiger partial charge in [0.25, 0.3) is 0 Å².